The van der Waals surface area contributed by atoms with Gasteiger partial charge in [0.2, 0.25) is 0 Å². The van der Waals surface area contributed by atoms with Gasteiger partial charge >= 0.3 is 5.97 Å². The number of nitrogens with zero attached hydrogens (tertiary/aromatic N) is 2. The second kappa shape index (κ2) is 4.86. The SMILES string of the molecule is CCOC(=O)CC(=O)c1ccc2c(c1)CN=N2. The van der Waals surface area contributed by atoms with Crippen LogP contribution in [0.15, 0.2) is 28.4 Å². The van der Waals surface area contributed by atoms with Crippen LogP contribution in [0.5, 0.6) is 0 Å². The van der Waals surface area contributed by atoms with E-state index >= 15 is 0 Å². The number of azo groups is 1. The Bertz CT molecular complexity index is 495. The van der Waals surface area contributed by atoms with E-state index in [1.54, 1.807) is 25.1 Å². The van der Waals surface area contributed by atoms with E-state index in [2.05, 4.69) is 10.2 Å². The van der Waals surface area contributed by atoms with Crippen LogP contribution < -0.4 is 0 Å². The van der Waals surface area contributed by atoms with Gasteiger partial charge in [0, 0.05) is 11.1 Å². The van der Waals surface area contributed by atoms with E-state index in [9.17, 15) is 9.59 Å². The van der Waals surface area contributed by atoms with Gasteiger partial charge < -0.3 is 4.74 Å². The van der Waals surface area contributed by atoms with E-state index < -0.39 is 5.97 Å². The molecule has 1 aliphatic rings. The van der Waals surface area contributed by atoms with Crippen molar-refractivity contribution in [1.82, 2.24) is 0 Å². The van der Waals surface area contributed by atoms with Crippen molar-refractivity contribution in [3.63, 3.8) is 0 Å². The first-order valence-electron chi connectivity index (χ1n) is 5.40. The monoisotopic (exact) mass is 232 g/mol. The number of esters is 1. The molecule has 0 saturated heterocycles. The highest BCUT2D eigenvalue weighted by Gasteiger charge is 2.15. The van der Waals surface area contributed by atoms with Crippen LogP contribution in [-0.2, 0) is 16.1 Å². The molecule has 88 valence electrons. The Morgan fingerprint density at radius 1 is 1.41 bits per heavy atom. The predicted octanol–water partition coefficient (Wildman–Crippen LogP) is 2.42. The molecule has 0 aromatic heterocycles. The minimum atomic E-state index is -0.493. The van der Waals surface area contributed by atoms with Crippen molar-refractivity contribution >= 4 is 17.4 Å². The normalized spacial score (nSPS) is 12.3. The van der Waals surface area contributed by atoms with Crippen molar-refractivity contribution in [2.45, 2.75) is 19.9 Å². The summed E-state index contributed by atoms with van der Waals surface area (Å²) in [6, 6.07) is 5.13. The first-order chi connectivity index (χ1) is 8.20. The molecule has 0 spiro atoms. The Morgan fingerprint density at radius 3 is 3.00 bits per heavy atom. The first-order valence-corrected chi connectivity index (χ1v) is 5.40. The zero-order chi connectivity index (χ0) is 12.3. The van der Waals surface area contributed by atoms with Gasteiger partial charge in [-0.15, -0.1) is 0 Å². The van der Waals surface area contributed by atoms with E-state index in [1.807, 2.05) is 0 Å². The van der Waals surface area contributed by atoms with Crippen molar-refractivity contribution < 1.29 is 14.3 Å². The second-order valence-corrected chi connectivity index (χ2v) is 3.65. The van der Waals surface area contributed by atoms with Gasteiger partial charge in [-0.05, 0) is 25.1 Å². The van der Waals surface area contributed by atoms with E-state index in [-0.39, 0.29) is 18.8 Å². The highest BCUT2D eigenvalue weighted by Crippen LogP contribution is 2.27. The highest BCUT2D eigenvalue weighted by atomic mass is 16.5. The number of carbonyl (C=O) groups is 2. The van der Waals surface area contributed by atoms with Gasteiger partial charge in [0.05, 0.1) is 18.8 Å². The predicted molar refractivity (Wildman–Crippen MR) is 60.2 cm³/mol. The standard InChI is InChI=1S/C12H12N2O3/c1-2-17-12(16)6-11(15)8-3-4-10-9(5-8)7-13-14-10/h3-5H,2,6-7H2,1H3. The number of carbonyl (C=O) groups excluding carboxylic acids is 2. The molecule has 17 heavy (non-hydrogen) atoms. The Kier molecular flexibility index (Phi) is 3.27. The lowest BCUT2D eigenvalue weighted by Crippen LogP contribution is -2.11. The van der Waals surface area contributed by atoms with Crippen LogP contribution in [0.1, 0.15) is 29.3 Å². The van der Waals surface area contributed by atoms with E-state index in [0.717, 1.165) is 11.3 Å². The summed E-state index contributed by atoms with van der Waals surface area (Å²) in [7, 11) is 0. The second-order valence-electron chi connectivity index (χ2n) is 3.65. The van der Waals surface area contributed by atoms with Crippen molar-refractivity contribution in [2.24, 2.45) is 10.2 Å². The molecule has 1 aromatic rings. The summed E-state index contributed by atoms with van der Waals surface area (Å²) in [5, 5.41) is 7.78. The molecule has 0 radical (unpaired) electrons. The first kappa shape index (κ1) is 11.4. The molecule has 1 aliphatic heterocycles. The fraction of sp³-hybridized carbons (Fsp3) is 0.333. The molecule has 5 nitrogen and oxygen atoms in total. The maximum absolute atomic E-state index is 11.8. The number of hydrogen-bond donors (Lipinski definition) is 0. The minimum absolute atomic E-state index is 0.221. The molecule has 0 amide bonds. The molecule has 0 unspecified atom stereocenters. The molecule has 2 rings (SSSR count). The number of rotatable bonds is 4. The number of ether oxygens (including phenoxy) is 1. The fourth-order valence-electron chi connectivity index (χ4n) is 1.62. The number of hydrogen-bond acceptors (Lipinski definition) is 5. The van der Waals surface area contributed by atoms with Gasteiger partial charge in [-0.25, -0.2) is 0 Å². The Morgan fingerprint density at radius 2 is 2.24 bits per heavy atom. The third-order valence-electron chi connectivity index (χ3n) is 2.43. The molecule has 0 N–H and O–H groups in total. The zero-order valence-electron chi connectivity index (χ0n) is 9.47. The fourth-order valence-corrected chi connectivity index (χ4v) is 1.62. The summed E-state index contributed by atoms with van der Waals surface area (Å²) < 4.78 is 4.73. The maximum atomic E-state index is 11.8. The lowest BCUT2D eigenvalue weighted by atomic mass is 10.0. The maximum Gasteiger partial charge on any atom is 0.313 e. The van der Waals surface area contributed by atoms with Crippen LogP contribution in [0, 0.1) is 0 Å². The molecule has 1 heterocycles. The summed E-state index contributed by atoms with van der Waals surface area (Å²) >= 11 is 0. The molecule has 0 fully saturated rings. The van der Waals surface area contributed by atoms with Crippen LogP contribution in [-0.4, -0.2) is 18.4 Å². The summed E-state index contributed by atoms with van der Waals surface area (Å²) in [6.07, 6.45) is -0.221. The molecule has 5 heteroatoms. The zero-order valence-corrected chi connectivity index (χ0v) is 9.47. The van der Waals surface area contributed by atoms with Crippen molar-refractivity contribution in [3.8, 4) is 0 Å². The average molecular weight is 232 g/mol. The van der Waals surface area contributed by atoms with Gasteiger partial charge in [0.1, 0.15) is 6.42 Å². The van der Waals surface area contributed by atoms with Gasteiger partial charge in [-0.2, -0.15) is 10.2 Å². The third-order valence-corrected chi connectivity index (χ3v) is 2.43. The van der Waals surface area contributed by atoms with Gasteiger partial charge in [-0.3, -0.25) is 9.59 Å². The van der Waals surface area contributed by atoms with Crippen LogP contribution in [0.2, 0.25) is 0 Å². The molecule has 0 saturated carbocycles. The van der Waals surface area contributed by atoms with Crippen LogP contribution in [0.4, 0.5) is 5.69 Å². The van der Waals surface area contributed by atoms with Crippen LogP contribution in [0.25, 0.3) is 0 Å². The summed E-state index contributed by atoms with van der Waals surface area (Å²) in [5.41, 5.74) is 2.21. The average Bonchev–Trinajstić information content (AvgIpc) is 2.75. The molecule has 0 aliphatic carbocycles. The number of ketones is 1. The highest BCUT2D eigenvalue weighted by molar-refractivity contribution is 6.06. The van der Waals surface area contributed by atoms with Gasteiger partial charge in [0.25, 0.3) is 0 Å². The van der Waals surface area contributed by atoms with Crippen molar-refractivity contribution in [2.75, 3.05) is 6.61 Å². The number of fused-ring (bicyclic) bond motifs is 1. The largest absolute Gasteiger partial charge is 0.466 e. The van der Waals surface area contributed by atoms with E-state index in [1.165, 1.54) is 0 Å². The molecule has 1 aromatic carbocycles. The molecular weight excluding hydrogens is 220 g/mol. The molecule has 0 atom stereocenters. The number of benzene rings is 1. The third kappa shape index (κ3) is 2.55. The Labute approximate surface area is 98.5 Å². The summed E-state index contributed by atoms with van der Waals surface area (Å²) in [6.45, 7) is 2.49. The van der Waals surface area contributed by atoms with Crippen molar-refractivity contribution in [3.05, 3.63) is 29.3 Å². The van der Waals surface area contributed by atoms with Crippen LogP contribution in [0.3, 0.4) is 0 Å². The lowest BCUT2D eigenvalue weighted by molar-refractivity contribution is -0.141. The van der Waals surface area contributed by atoms with Crippen molar-refractivity contribution in [1.29, 1.82) is 0 Å². The van der Waals surface area contributed by atoms with E-state index in [0.29, 0.717) is 12.1 Å². The number of Topliss-reactive ketones (excluding diaryl/α,β-unsaturated/α-hetero) is 1. The Hall–Kier alpha value is -2.04. The smallest absolute Gasteiger partial charge is 0.313 e. The molecular formula is C12H12N2O3. The topological polar surface area (TPSA) is 68.1 Å². The lowest BCUT2D eigenvalue weighted by Gasteiger charge is -2.03. The quantitative estimate of drug-likeness (QED) is 0.454. The Balaban J connectivity index is 2.08. The van der Waals surface area contributed by atoms with Gasteiger partial charge in [-0.1, -0.05) is 0 Å². The minimum Gasteiger partial charge on any atom is -0.466 e. The van der Waals surface area contributed by atoms with Gasteiger partial charge in [0.15, 0.2) is 5.78 Å². The summed E-state index contributed by atoms with van der Waals surface area (Å²) in [5.74, 6) is -0.731. The molecule has 0 bridgehead atoms. The van der Waals surface area contributed by atoms with E-state index in [4.69, 9.17) is 4.74 Å². The van der Waals surface area contributed by atoms with Crippen LogP contribution >= 0.6 is 0 Å². The summed E-state index contributed by atoms with van der Waals surface area (Å²) in [4.78, 5) is 22.9.